The minimum Gasteiger partial charge on any atom is -0.388 e. The second kappa shape index (κ2) is 4.53. The van der Waals surface area contributed by atoms with Crippen molar-refractivity contribution in [2.24, 2.45) is 0 Å². The van der Waals surface area contributed by atoms with Crippen molar-refractivity contribution in [1.82, 2.24) is 0 Å². The highest BCUT2D eigenvalue weighted by Gasteiger charge is 2.30. The van der Waals surface area contributed by atoms with E-state index in [-0.39, 0.29) is 6.61 Å². The summed E-state index contributed by atoms with van der Waals surface area (Å²) in [6.45, 7) is 0.114. The molecule has 1 heterocycles. The van der Waals surface area contributed by atoms with Gasteiger partial charge in [-0.05, 0) is 0 Å². The monoisotopic (exact) mass is 208 g/mol. The second-order valence-corrected chi connectivity index (χ2v) is 3.38. The Morgan fingerprint density at radius 2 is 2.07 bits per heavy atom. The van der Waals surface area contributed by atoms with Gasteiger partial charge < -0.3 is 19.4 Å². The summed E-state index contributed by atoms with van der Waals surface area (Å²) in [4.78, 5) is 10.6. The number of ether oxygens (including phenoxy) is 2. The number of aliphatic hydroxyl groups is 1. The van der Waals surface area contributed by atoms with Gasteiger partial charge in [0.2, 0.25) is 0 Å². The Bertz CT molecular complexity index is 325. The van der Waals surface area contributed by atoms with Crippen LogP contribution in [0, 0.1) is 0 Å². The van der Waals surface area contributed by atoms with Crippen LogP contribution in [0.4, 0.5) is 0 Å². The van der Waals surface area contributed by atoms with E-state index in [1.165, 1.54) is 0 Å². The van der Waals surface area contributed by atoms with Gasteiger partial charge in [0.05, 0.1) is 6.61 Å². The third-order valence-corrected chi connectivity index (χ3v) is 2.28. The lowest BCUT2D eigenvalue weighted by Gasteiger charge is -2.31. The lowest BCUT2D eigenvalue weighted by Crippen LogP contribution is -2.41. The van der Waals surface area contributed by atoms with Crippen LogP contribution in [-0.2, 0) is 14.3 Å². The van der Waals surface area contributed by atoms with E-state index >= 15 is 0 Å². The molecule has 0 amide bonds. The first-order valence-corrected chi connectivity index (χ1v) is 4.76. The van der Waals surface area contributed by atoms with Crippen molar-refractivity contribution in [3.63, 3.8) is 0 Å². The van der Waals surface area contributed by atoms with Crippen molar-refractivity contribution in [3.05, 3.63) is 35.9 Å². The SMILES string of the molecule is O=C[C@H]1OC(c2ccccc2)OC[C@H]1O. The van der Waals surface area contributed by atoms with E-state index in [4.69, 9.17) is 9.47 Å². The second-order valence-electron chi connectivity index (χ2n) is 3.38. The Kier molecular flexibility index (Phi) is 3.11. The number of hydrogen-bond acceptors (Lipinski definition) is 4. The van der Waals surface area contributed by atoms with Gasteiger partial charge in [-0.15, -0.1) is 0 Å². The van der Waals surface area contributed by atoms with Crippen LogP contribution in [0.5, 0.6) is 0 Å². The van der Waals surface area contributed by atoms with E-state index in [0.29, 0.717) is 6.29 Å². The molecule has 15 heavy (non-hydrogen) atoms. The highest BCUT2D eigenvalue weighted by Crippen LogP contribution is 2.25. The highest BCUT2D eigenvalue weighted by molar-refractivity contribution is 5.57. The predicted molar refractivity (Wildman–Crippen MR) is 52.1 cm³/mol. The smallest absolute Gasteiger partial charge is 0.184 e. The maximum absolute atomic E-state index is 10.6. The predicted octanol–water partition coefficient (Wildman–Crippen LogP) is 0.660. The summed E-state index contributed by atoms with van der Waals surface area (Å²) in [6.07, 6.45) is -1.64. The molecular weight excluding hydrogens is 196 g/mol. The van der Waals surface area contributed by atoms with Gasteiger partial charge in [0.15, 0.2) is 12.6 Å². The maximum Gasteiger partial charge on any atom is 0.184 e. The van der Waals surface area contributed by atoms with Gasteiger partial charge in [-0.1, -0.05) is 30.3 Å². The van der Waals surface area contributed by atoms with Crippen LogP contribution in [0.15, 0.2) is 30.3 Å². The molecule has 1 fully saturated rings. The molecule has 4 nitrogen and oxygen atoms in total. The van der Waals surface area contributed by atoms with Crippen LogP contribution in [-0.4, -0.2) is 30.2 Å². The van der Waals surface area contributed by atoms with Gasteiger partial charge in [-0.2, -0.15) is 0 Å². The summed E-state index contributed by atoms with van der Waals surface area (Å²) in [5.74, 6) is 0. The summed E-state index contributed by atoms with van der Waals surface area (Å²) < 4.78 is 10.6. The molecular formula is C11H12O4. The topological polar surface area (TPSA) is 55.8 Å². The fraction of sp³-hybridized carbons (Fsp3) is 0.364. The lowest BCUT2D eigenvalue weighted by molar-refractivity contribution is -0.246. The molecule has 3 atom stereocenters. The van der Waals surface area contributed by atoms with Crippen molar-refractivity contribution in [2.45, 2.75) is 18.5 Å². The Balaban J connectivity index is 2.09. The zero-order valence-corrected chi connectivity index (χ0v) is 8.08. The first-order chi connectivity index (χ1) is 7.31. The molecule has 2 rings (SSSR count). The minimum absolute atomic E-state index is 0.114. The molecule has 0 radical (unpaired) electrons. The number of benzene rings is 1. The molecule has 4 heteroatoms. The molecule has 0 bridgehead atoms. The van der Waals surface area contributed by atoms with E-state index in [9.17, 15) is 9.90 Å². The zero-order chi connectivity index (χ0) is 10.7. The summed E-state index contributed by atoms with van der Waals surface area (Å²) in [6, 6.07) is 9.32. The summed E-state index contributed by atoms with van der Waals surface area (Å²) >= 11 is 0. The normalized spacial score (nSPS) is 31.1. The molecule has 1 N–H and O–H groups in total. The van der Waals surface area contributed by atoms with Gasteiger partial charge in [-0.3, -0.25) is 0 Å². The van der Waals surface area contributed by atoms with E-state index in [0.717, 1.165) is 5.56 Å². The fourth-order valence-electron chi connectivity index (χ4n) is 1.46. The van der Waals surface area contributed by atoms with Gasteiger partial charge in [0.25, 0.3) is 0 Å². The number of aliphatic hydroxyl groups excluding tert-OH is 1. The summed E-state index contributed by atoms with van der Waals surface area (Å²) in [5, 5.41) is 9.35. The molecule has 0 spiro atoms. The average Bonchev–Trinajstić information content (AvgIpc) is 2.31. The molecule has 1 aliphatic rings. The number of rotatable bonds is 2. The van der Waals surface area contributed by atoms with Crippen molar-refractivity contribution in [1.29, 1.82) is 0 Å². The third-order valence-electron chi connectivity index (χ3n) is 2.28. The van der Waals surface area contributed by atoms with Crippen LogP contribution in [0.25, 0.3) is 0 Å². The van der Waals surface area contributed by atoms with Crippen LogP contribution >= 0.6 is 0 Å². The Labute approximate surface area is 87.4 Å². The zero-order valence-electron chi connectivity index (χ0n) is 8.08. The van der Waals surface area contributed by atoms with E-state index in [1.54, 1.807) is 0 Å². The van der Waals surface area contributed by atoms with E-state index < -0.39 is 18.5 Å². The number of aldehydes is 1. The molecule has 1 unspecified atom stereocenters. The molecule has 0 aliphatic carbocycles. The molecule has 0 aromatic heterocycles. The van der Waals surface area contributed by atoms with Crippen molar-refractivity contribution in [2.75, 3.05) is 6.61 Å². The van der Waals surface area contributed by atoms with Crippen molar-refractivity contribution < 1.29 is 19.4 Å². The largest absolute Gasteiger partial charge is 0.388 e. The first kappa shape index (κ1) is 10.3. The third kappa shape index (κ3) is 2.23. The molecule has 1 aromatic rings. The van der Waals surface area contributed by atoms with Crippen molar-refractivity contribution in [3.8, 4) is 0 Å². The molecule has 0 saturated carbocycles. The van der Waals surface area contributed by atoms with Crippen LogP contribution in [0.3, 0.4) is 0 Å². The first-order valence-electron chi connectivity index (χ1n) is 4.76. The Morgan fingerprint density at radius 1 is 1.33 bits per heavy atom. The standard InChI is InChI=1S/C11H12O4/c12-6-10-9(13)7-14-11(15-10)8-4-2-1-3-5-8/h1-6,9-11,13H,7H2/t9-,10-,11?/m1/s1. The summed E-state index contributed by atoms with van der Waals surface area (Å²) in [5.41, 5.74) is 0.844. The fourth-order valence-corrected chi connectivity index (χ4v) is 1.46. The quantitative estimate of drug-likeness (QED) is 0.725. The van der Waals surface area contributed by atoms with E-state index in [2.05, 4.69) is 0 Å². The molecule has 80 valence electrons. The molecule has 1 aromatic carbocycles. The average molecular weight is 208 g/mol. The number of carbonyl (C=O) groups is 1. The molecule has 1 aliphatic heterocycles. The minimum atomic E-state index is -0.873. The van der Waals surface area contributed by atoms with Gasteiger partial charge >= 0.3 is 0 Å². The lowest BCUT2D eigenvalue weighted by atomic mass is 10.1. The number of hydrogen-bond donors (Lipinski definition) is 1. The van der Waals surface area contributed by atoms with Crippen LogP contribution in [0.1, 0.15) is 11.9 Å². The van der Waals surface area contributed by atoms with Gasteiger partial charge in [0, 0.05) is 5.56 Å². The van der Waals surface area contributed by atoms with Gasteiger partial charge in [-0.25, -0.2) is 0 Å². The highest BCUT2D eigenvalue weighted by atomic mass is 16.7. The molecule has 1 saturated heterocycles. The van der Waals surface area contributed by atoms with Crippen LogP contribution < -0.4 is 0 Å². The Morgan fingerprint density at radius 3 is 2.73 bits per heavy atom. The summed E-state index contributed by atoms with van der Waals surface area (Å²) in [7, 11) is 0. The Hall–Kier alpha value is -1.23. The van der Waals surface area contributed by atoms with Crippen LogP contribution in [0.2, 0.25) is 0 Å². The number of carbonyl (C=O) groups excluding carboxylic acids is 1. The van der Waals surface area contributed by atoms with Gasteiger partial charge in [0.1, 0.15) is 12.2 Å². The van der Waals surface area contributed by atoms with E-state index in [1.807, 2.05) is 30.3 Å². The van der Waals surface area contributed by atoms with Crippen molar-refractivity contribution >= 4 is 6.29 Å². The maximum atomic E-state index is 10.6.